The summed E-state index contributed by atoms with van der Waals surface area (Å²) in [6.45, 7) is 3.93. The minimum Gasteiger partial charge on any atom is -0.398 e. The fourth-order valence-electron chi connectivity index (χ4n) is 1.46. The van der Waals surface area contributed by atoms with Crippen LogP contribution in [0.1, 0.15) is 11.9 Å². The van der Waals surface area contributed by atoms with E-state index >= 15 is 0 Å². The van der Waals surface area contributed by atoms with Crippen LogP contribution in [0.25, 0.3) is 0 Å². The van der Waals surface area contributed by atoms with Gasteiger partial charge in [0.2, 0.25) is 10.0 Å². The zero-order chi connectivity index (χ0) is 14.8. The van der Waals surface area contributed by atoms with Crippen molar-refractivity contribution < 1.29 is 8.42 Å². The number of hydrogen-bond donors (Lipinski definition) is 2. The fourth-order valence-corrected chi connectivity index (χ4v) is 4.45. The normalized spacial score (nSPS) is 11.7. The molecule has 2 rings (SSSR count). The topological polar surface area (TPSA) is 98.0 Å². The molecule has 0 spiro atoms. The Morgan fingerprint density at radius 3 is 2.75 bits per heavy atom. The molecule has 0 bridgehead atoms. The van der Waals surface area contributed by atoms with E-state index in [4.69, 9.17) is 5.73 Å². The van der Waals surface area contributed by atoms with Gasteiger partial charge in [0.05, 0.1) is 4.90 Å². The van der Waals surface area contributed by atoms with Gasteiger partial charge in [0, 0.05) is 17.1 Å². The van der Waals surface area contributed by atoms with Crippen molar-refractivity contribution in [2.24, 2.45) is 0 Å². The number of sulfonamides is 1. The Kier molecular flexibility index (Phi) is 4.63. The molecule has 1 heterocycles. The van der Waals surface area contributed by atoms with Crippen molar-refractivity contribution in [3.63, 3.8) is 0 Å². The smallest absolute Gasteiger partial charge is 0.240 e. The quantitative estimate of drug-likeness (QED) is 0.812. The van der Waals surface area contributed by atoms with Gasteiger partial charge in [-0.25, -0.2) is 13.1 Å². The Labute approximate surface area is 125 Å². The van der Waals surface area contributed by atoms with Crippen LogP contribution in [0.3, 0.4) is 0 Å². The molecular weight excluding hydrogens is 316 g/mol. The van der Waals surface area contributed by atoms with Gasteiger partial charge >= 0.3 is 0 Å². The van der Waals surface area contributed by atoms with Crippen molar-refractivity contribution in [2.75, 3.05) is 12.3 Å². The number of nitrogens with zero attached hydrogens (tertiary/aromatic N) is 2. The lowest BCUT2D eigenvalue weighted by Gasteiger charge is -2.08. The van der Waals surface area contributed by atoms with Gasteiger partial charge < -0.3 is 5.73 Å². The molecular formula is C11H14N4O2S3. The summed E-state index contributed by atoms with van der Waals surface area (Å²) in [6.07, 6.45) is 0. The largest absolute Gasteiger partial charge is 0.398 e. The highest BCUT2D eigenvalue weighted by Crippen LogP contribution is 2.35. The number of nitrogens with two attached hydrogens (primary N) is 1. The molecule has 3 N–H and O–H groups in total. The Morgan fingerprint density at radius 2 is 2.15 bits per heavy atom. The number of aryl methyl sites for hydroxylation is 1. The van der Waals surface area contributed by atoms with Crippen LogP contribution in [0, 0.1) is 6.92 Å². The third-order valence-electron chi connectivity index (χ3n) is 2.33. The lowest BCUT2D eigenvalue weighted by atomic mass is 10.3. The molecule has 9 heteroatoms. The zero-order valence-electron chi connectivity index (χ0n) is 11.0. The molecule has 1 aromatic carbocycles. The summed E-state index contributed by atoms with van der Waals surface area (Å²) in [5.41, 5.74) is 6.39. The lowest BCUT2D eigenvalue weighted by molar-refractivity contribution is 0.583. The number of rotatable bonds is 5. The van der Waals surface area contributed by atoms with Crippen LogP contribution in [-0.4, -0.2) is 25.2 Å². The monoisotopic (exact) mass is 330 g/mol. The van der Waals surface area contributed by atoms with Crippen LogP contribution in [0.5, 0.6) is 0 Å². The zero-order valence-corrected chi connectivity index (χ0v) is 13.4. The molecule has 6 nitrogen and oxygen atoms in total. The summed E-state index contributed by atoms with van der Waals surface area (Å²) in [5, 5.41) is 8.76. The molecule has 0 saturated heterocycles. The first-order chi connectivity index (χ1) is 9.42. The van der Waals surface area contributed by atoms with Crippen LogP contribution in [-0.2, 0) is 10.0 Å². The standard InChI is InChI=1S/C11H14N4O2S3/c1-3-13-20(16,17)8-4-5-9(12)10(6-8)19-11-15-14-7(2)18-11/h4-6,13H,3,12H2,1-2H3. The summed E-state index contributed by atoms with van der Waals surface area (Å²) in [5.74, 6) is 0. The average Bonchev–Trinajstić information content (AvgIpc) is 2.77. The molecule has 0 unspecified atom stereocenters. The lowest BCUT2D eigenvalue weighted by Crippen LogP contribution is -2.23. The van der Waals surface area contributed by atoms with Crippen molar-refractivity contribution in [3.05, 3.63) is 23.2 Å². The Balaban J connectivity index is 2.34. The van der Waals surface area contributed by atoms with Crippen LogP contribution in [0.2, 0.25) is 0 Å². The molecule has 0 radical (unpaired) electrons. The summed E-state index contributed by atoms with van der Waals surface area (Å²) >= 11 is 2.75. The first-order valence-corrected chi connectivity index (χ1v) is 8.91. The summed E-state index contributed by atoms with van der Waals surface area (Å²) in [6, 6.07) is 4.62. The van der Waals surface area contributed by atoms with Gasteiger partial charge in [0.25, 0.3) is 0 Å². The highest BCUT2D eigenvalue weighted by Gasteiger charge is 2.15. The van der Waals surface area contributed by atoms with E-state index < -0.39 is 10.0 Å². The van der Waals surface area contributed by atoms with Gasteiger partial charge in [-0.1, -0.05) is 30.0 Å². The van der Waals surface area contributed by atoms with E-state index in [-0.39, 0.29) is 4.90 Å². The minimum absolute atomic E-state index is 0.192. The second-order valence-corrected chi connectivity index (χ2v) is 8.13. The third-order valence-corrected chi connectivity index (χ3v) is 5.84. The summed E-state index contributed by atoms with van der Waals surface area (Å²) < 4.78 is 27.1. The molecule has 2 aromatic rings. The van der Waals surface area contributed by atoms with E-state index in [2.05, 4.69) is 14.9 Å². The van der Waals surface area contributed by atoms with Gasteiger partial charge in [-0.3, -0.25) is 0 Å². The highest BCUT2D eigenvalue weighted by molar-refractivity contribution is 8.01. The number of benzene rings is 1. The van der Waals surface area contributed by atoms with Crippen LogP contribution >= 0.6 is 23.1 Å². The second-order valence-electron chi connectivity index (χ2n) is 3.89. The number of aromatic nitrogens is 2. The van der Waals surface area contributed by atoms with Crippen LogP contribution in [0.4, 0.5) is 5.69 Å². The number of nitrogens with one attached hydrogen (secondary N) is 1. The van der Waals surface area contributed by atoms with E-state index in [9.17, 15) is 8.42 Å². The third kappa shape index (κ3) is 3.48. The molecule has 0 aliphatic rings. The Morgan fingerprint density at radius 1 is 1.40 bits per heavy atom. The molecule has 0 atom stereocenters. The Hall–Kier alpha value is -1.16. The van der Waals surface area contributed by atoms with Gasteiger partial charge in [0.15, 0.2) is 4.34 Å². The maximum Gasteiger partial charge on any atom is 0.240 e. The predicted octanol–water partition coefficient (Wildman–Crippen LogP) is 1.88. The molecule has 0 amide bonds. The van der Waals surface area contributed by atoms with Crippen molar-refractivity contribution in [1.29, 1.82) is 0 Å². The van der Waals surface area contributed by atoms with Gasteiger partial charge in [0.1, 0.15) is 5.01 Å². The van der Waals surface area contributed by atoms with Gasteiger partial charge in [-0.2, -0.15) is 0 Å². The second kappa shape index (κ2) is 6.08. The maximum atomic E-state index is 12.0. The Bertz CT molecular complexity index is 712. The van der Waals surface area contributed by atoms with Gasteiger partial charge in [-0.05, 0) is 25.1 Å². The number of hydrogen-bond acceptors (Lipinski definition) is 7. The van der Waals surface area contributed by atoms with E-state index in [1.165, 1.54) is 29.2 Å². The fraction of sp³-hybridized carbons (Fsp3) is 0.273. The van der Waals surface area contributed by atoms with Gasteiger partial charge in [-0.15, -0.1) is 10.2 Å². The molecule has 0 fully saturated rings. The molecule has 1 aromatic heterocycles. The van der Waals surface area contributed by atoms with Crippen molar-refractivity contribution in [2.45, 2.75) is 28.0 Å². The van der Waals surface area contributed by atoms with Crippen molar-refractivity contribution in [3.8, 4) is 0 Å². The molecule has 0 saturated carbocycles. The van der Waals surface area contributed by atoms with E-state index in [1.54, 1.807) is 19.1 Å². The minimum atomic E-state index is -3.49. The SMILES string of the molecule is CCNS(=O)(=O)c1ccc(N)c(Sc2nnc(C)s2)c1. The van der Waals surface area contributed by atoms with Crippen molar-refractivity contribution >= 4 is 38.8 Å². The number of nitrogen functional groups attached to an aromatic ring is 1. The average molecular weight is 330 g/mol. The first-order valence-electron chi connectivity index (χ1n) is 5.79. The summed E-state index contributed by atoms with van der Waals surface area (Å²) in [7, 11) is -3.49. The highest BCUT2D eigenvalue weighted by atomic mass is 32.2. The molecule has 0 aliphatic heterocycles. The number of anilines is 1. The molecule has 20 heavy (non-hydrogen) atoms. The summed E-state index contributed by atoms with van der Waals surface area (Å²) in [4.78, 5) is 0.845. The van der Waals surface area contributed by atoms with E-state index in [0.29, 0.717) is 17.1 Å². The van der Waals surface area contributed by atoms with Crippen LogP contribution < -0.4 is 10.5 Å². The predicted molar refractivity (Wildman–Crippen MR) is 80.5 cm³/mol. The van der Waals surface area contributed by atoms with Crippen molar-refractivity contribution in [1.82, 2.24) is 14.9 Å². The van der Waals surface area contributed by atoms with E-state index in [0.717, 1.165) is 9.35 Å². The van der Waals surface area contributed by atoms with E-state index in [1.807, 2.05) is 6.92 Å². The molecule has 108 valence electrons. The maximum absolute atomic E-state index is 12.0. The van der Waals surface area contributed by atoms with Crippen LogP contribution in [0.15, 0.2) is 32.3 Å². The molecule has 0 aliphatic carbocycles. The first kappa shape index (κ1) is 15.2.